The molecule has 25 heavy (non-hydrogen) atoms. The molecule has 2 aliphatic heterocycles. The fourth-order valence-electron chi connectivity index (χ4n) is 3.36. The maximum absolute atomic E-state index is 13.7. The quantitative estimate of drug-likeness (QED) is 0.664. The van der Waals surface area contributed by atoms with E-state index in [0.717, 1.165) is 50.6 Å². The summed E-state index contributed by atoms with van der Waals surface area (Å²) in [6.45, 7) is 3.38. The summed E-state index contributed by atoms with van der Waals surface area (Å²) in [4.78, 5) is 6.45. The van der Waals surface area contributed by atoms with Gasteiger partial charge in [0.15, 0.2) is 5.96 Å². The Balaban J connectivity index is 1.52. The highest BCUT2D eigenvalue weighted by Crippen LogP contribution is 2.21. The molecule has 1 aromatic carbocycles. The molecule has 0 radical (unpaired) electrons. The van der Waals surface area contributed by atoms with Crippen molar-refractivity contribution in [3.05, 3.63) is 35.4 Å². The fraction of sp³-hybridized carbons (Fsp3) is 0.611. The predicted octanol–water partition coefficient (Wildman–Crippen LogP) is 1.96. The molecule has 2 atom stereocenters. The molecule has 0 spiro atoms. The van der Waals surface area contributed by atoms with Crippen LogP contribution < -0.4 is 5.32 Å². The van der Waals surface area contributed by atoms with E-state index in [-0.39, 0.29) is 18.0 Å². The van der Waals surface area contributed by atoms with Crippen molar-refractivity contribution in [2.24, 2.45) is 4.99 Å². The first-order valence-electron chi connectivity index (χ1n) is 8.80. The van der Waals surface area contributed by atoms with Gasteiger partial charge in [0.2, 0.25) is 0 Å². The summed E-state index contributed by atoms with van der Waals surface area (Å²) in [7, 11) is 1.72. The Morgan fingerprint density at radius 1 is 1.28 bits per heavy atom. The highest BCUT2D eigenvalue weighted by atomic mass is 19.1. The Kier molecular flexibility index (Phi) is 6.20. The molecule has 5 nitrogen and oxygen atoms in total. The smallest absolute Gasteiger partial charge is 0.193 e. The summed E-state index contributed by atoms with van der Waals surface area (Å²) in [5.41, 5.74) is 0.363. The number of ether oxygens (including phenoxy) is 2. The molecule has 0 bridgehead atoms. The lowest BCUT2D eigenvalue weighted by Gasteiger charge is -2.37. The molecule has 3 rings (SSSR count). The first kappa shape index (κ1) is 18.1. The Morgan fingerprint density at radius 2 is 2.12 bits per heavy atom. The Labute approximate surface area is 147 Å². The molecule has 2 fully saturated rings. The topological polar surface area (TPSA) is 46.1 Å². The van der Waals surface area contributed by atoms with Gasteiger partial charge in [0.25, 0.3) is 0 Å². The van der Waals surface area contributed by atoms with Gasteiger partial charge in [-0.3, -0.25) is 4.99 Å². The van der Waals surface area contributed by atoms with Crippen molar-refractivity contribution in [1.29, 1.82) is 0 Å². The van der Waals surface area contributed by atoms with Crippen LogP contribution in [0.25, 0.3) is 0 Å². The van der Waals surface area contributed by atoms with Gasteiger partial charge >= 0.3 is 0 Å². The molecule has 2 saturated heterocycles. The van der Waals surface area contributed by atoms with E-state index in [1.165, 1.54) is 6.07 Å². The summed E-state index contributed by atoms with van der Waals surface area (Å²) in [6, 6.07) is 3.53. The van der Waals surface area contributed by atoms with E-state index in [2.05, 4.69) is 15.2 Å². The van der Waals surface area contributed by atoms with E-state index in [4.69, 9.17) is 9.47 Å². The second-order valence-electron chi connectivity index (χ2n) is 6.37. The number of halogens is 2. The van der Waals surface area contributed by atoms with Gasteiger partial charge in [0.05, 0.1) is 12.7 Å². The largest absolute Gasteiger partial charge is 0.375 e. The maximum Gasteiger partial charge on any atom is 0.193 e. The van der Waals surface area contributed by atoms with Gasteiger partial charge in [-0.25, -0.2) is 8.78 Å². The zero-order chi connectivity index (χ0) is 17.6. The van der Waals surface area contributed by atoms with Gasteiger partial charge < -0.3 is 19.7 Å². The summed E-state index contributed by atoms with van der Waals surface area (Å²) in [5, 5.41) is 3.24. The van der Waals surface area contributed by atoms with E-state index in [1.54, 1.807) is 7.05 Å². The zero-order valence-corrected chi connectivity index (χ0v) is 14.5. The minimum atomic E-state index is -0.423. The molecule has 7 heteroatoms. The van der Waals surface area contributed by atoms with Crippen molar-refractivity contribution in [2.45, 2.75) is 31.5 Å². The summed E-state index contributed by atoms with van der Waals surface area (Å²) in [5.74, 6) is -0.0560. The molecular formula is C18H25F2N3O2. The molecule has 2 heterocycles. The van der Waals surface area contributed by atoms with Crippen LogP contribution in [0.3, 0.4) is 0 Å². The third-order valence-electron chi connectivity index (χ3n) is 4.67. The van der Waals surface area contributed by atoms with Gasteiger partial charge in [-0.2, -0.15) is 0 Å². The molecule has 1 N–H and O–H groups in total. The number of hydrogen-bond acceptors (Lipinski definition) is 3. The Hall–Kier alpha value is -1.73. The lowest BCUT2D eigenvalue weighted by atomic mass is 10.1. The van der Waals surface area contributed by atoms with Crippen LogP contribution in [0.2, 0.25) is 0 Å². The van der Waals surface area contributed by atoms with Gasteiger partial charge in [-0.1, -0.05) is 0 Å². The first-order chi connectivity index (χ1) is 12.2. The lowest BCUT2D eigenvalue weighted by molar-refractivity contribution is -0.0816. The number of aliphatic imine (C=N–C) groups is 1. The van der Waals surface area contributed by atoms with Crippen LogP contribution in [0, 0.1) is 11.6 Å². The van der Waals surface area contributed by atoms with Crippen molar-refractivity contribution >= 4 is 5.96 Å². The van der Waals surface area contributed by atoms with E-state index in [9.17, 15) is 8.78 Å². The number of nitrogens with one attached hydrogen (secondary N) is 1. The molecule has 0 amide bonds. The van der Waals surface area contributed by atoms with Crippen molar-refractivity contribution in [3.8, 4) is 0 Å². The van der Waals surface area contributed by atoms with Crippen LogP contribution in [0.15, 0.2) is 23.2 Å². The molecule has 1 aromatic rings. The number of rotatable bonds is 4. The second-order valence-corrected chi connectivity index (χ2v) is 6.37. The van der Waals surface area contributed by atoms with E-state index < -0.39 is 5.82 Å². The number of benzene rings is 1. The minimum absolute atomic E-state index is 0.0514. The lowest BCUT2D eigenvalue weighted by Crippen LogP contribution is -2.53. The average molecular weight is 353 g/mol. The van der Waals surface area contributed by atoms with Gasteiger partial charge in [-0.05, 0) is 43.0 Å². The highest BCUT2D eigenvalue weighted by molar-refractivity contribution is 5.80. The molecule has 0 aliphatic carbocycles. The van der Waals surface area contributed by atoms with Crippen LogP contribution in [0.1, 0.15) is 18.4 Å². The van der Waals surface area contributed by atoms with E-state index in [0.29, 0.717) is 25.1 Å². The predicted molar refractivity (Wildman–Crippen MR) is 91.7 cm³/mol. The first-order valence-corrected chi connectivity index (χ1v) is 8.80. The van der Waals surface area contributed by atoms with Gasteiger partial charge in [0.1, 0.15) is 17.7 Å². The van der Waals surface area contributed by atoms with Gasteiger partial charge in [0, 0.05) is 33.3 Å². The van der Waals surface area contributed by atoms with Crippen LogP contribution in [-0.4, -0.2) is 63.0 Å². The summed E-state index contributed by atoms with van der Waals surface area (Å²) < 4.78 is 38.5. The van der Waals surface area contributed by atoms with Crippen LogP contribution in [0.5, 0.6) is 0 Å². The molecule has 0 saturated carbocycles. The fourth-order valence-corrected chi connectivity index (χ4v) is 3.36. The summed E-state index contributed by atoms with van der Waals surface area (Å²) >= 11 is 0. The third kappa shape index (κ3) is 4.67. The van der Waals surface area contributed by atoms with Crippen molar-refractivity contribution in [3.63, 3.8) is 0 Å². The highest BCUT2D eigenvalue weighted by Gasteiger charge is 2.32. The molecule has 0 aromatic heterocycles. The maximum atomic E-state index is 13.7. The van der Waals surface area contributed by atoms with Crippen LogP contribution in [-0.2, 0) is 15.9 Å². The molecule has 138 valence electrons. The Morgan fingerprint density at radius 3 is 2.88 bits per heavy atom. The standard InChI is InChI=1S/C18H25F2N3O2/c1-21-18(22-7-6-13-11-14(19)4-5-15(13)20)23-8-10-25-17(12-23)16-3-2-9-24-16/h4-5,11,16-17H,2-3,6-10,12H2,1H3,(H,21,22). The van der Waals surface area contributed by atoms with Crippen molar-refractivity contribution in [2.75, 3.05) is 39.9 Å². The average Bonchev–Trinajstić information content (AvgIpc) is 3.16. The summed E-state index contributed by atoms with van der Waals surface area (Å²) in [6.07, 6.45) is 2.71. The second kappa shape index (κ2) is 8.58. The SMILES string of the molecule is CN=C(NCCc1cc(F)ccc1F)N1CCOC(C2CCCO2)C1. The number of morpholine rings is 1. The third-order valence-corrected chi connectivity index (χ3v) is 4.67. The van der Waals surface area contributed by atoms with Crippen LogP contribution >= 0.6 is 0 Å². The minimum Gasteiger partial charge on any atom is -0.375 e. The van der Waals surface area contributed by atoms with Gasteiger partial charge in [-0.15, -0.1) is 0 Å². The van der Waals surface area contributed by atoms with Crippen LogP contribution in [0.4, 0.5) is 8.78 Å². The molecule has 2 unspecified atom stereocenters. The molecular weight excluding hydrogens is 328 g/mol. The zero-order valence-electron chi connectivity index (χ0n) is 14.5. The number of nitrogens with zero attached hydrogens (tertiary/aromatic N) is 2. The van der Waals surface area contributed by atoms with E-state index >= 15 is 0 Å². The molecule has 2 aliphatic rings. The van der Waals surface area contributed by atoms with Crippen molar-refractivity contribution in [1.82, 2.24) is 10.2 Å². The number of hydrogen-bond donors (Lipinski definition) is 1. The Bertz CT molecular complexity index is 606. The number of guanidine groups is 1. The normalized spacial score (nSPS) is 24.6. The van der Waals surface area contributed by atoms with Crippen molar-refractivity contribution < 1.29 is 18.3 Å². The van der Waals surface area contributed by atoms with E-state index in [1.807, 2.05) is 0 Å². The monoisotopic (exact) mass is 353 g/mol.